The Morgan fingerprint density at radius 3 is 2.79 bits per heavy atom. The quantitative estimate of drug-likeness (QED) is 0.255. The van der Waals surface area contributed by atoms with Crippen molar-refractivity contribution in [1.82, 2.24) is 0 Å². The second kappa shape index (κ2) is 10.2. The first-order valence-electron chi connectivity index (χ1n) is 7.91. The lowest BCUT2D eigenvalue weighted by Gasteiger charge is -2.27. The zero-order valence-electron chi connectivity index (χ0n) is 13.4. The molecule has 0 unspecified atom stereocenters. The highest BCUT2D eigenvalue weighted by molar-refractivity contribution is 7.99. The van der Waals surface area contributed by atoms with Crippen LogP contribution in [-0.4, -0.2) is 49.0 Å². The van der Waals surface area contributed by atoms with E-state index < -0.39 is 6.10 Å². The molecule has 1 aliphatic rings. The highest BCUT2D eigenvalue weighted by Crippen LogP contribution is 2.25. The largest absolute Gasteiger partial charge is 0.382 e. The second-order valence-corrected chi connectivity index (χ2v) is 6.72. The number of anilines is 2. The molecular formula is C15H22FN5O2S. The molecule has 0 spiro atoms. The number of thioether (sulfide) groups is 1. The number of halogens is 1. The number of hydrogen-bond acceptors (Lipinski definition) is 6. The van der Waals surface area contributed by atoms with Gasteiger partial charge in [0.05, 0.1) is 12.2 Å². The van der Waals surface area contributed by atoms with Gasteiger partial charge in [-0.3, -0.25) is 5.26 Å². The van der Waals surface area contributed by atoms with E-state index in [0.717, 1.165) is 37.4 Å². The summed E-state index contributed by atoms with van der Waals surface area (Å²) >= 11 is 1.96. The van der Waals surface area contributed by atoms with Gasteiger partial charge in [0.2, 0.25) is 0 Å². The summed E-state index contributed by atoms with van der Waals surface area (Å²) in [5.41, 5.74) is 9.48. The van der Waals surface area contributed by atoms with Gasteiger partial charge in [-0.1, -0.05) is 5.11 Å². The van der Waals surface area contributed by atoms with E-state index >= 15 is 0 Å². The SMILES string of the molecule is [N-]=[N+]=NC[C@@H](CNc1ccc(N2CCCSCCC2)c(F)c1)OO. The van der Waals surface area contributed by atoms with Crippen LogP contribution in [0.15, 0.2) is 23.3 Å². The van der Waals surface area contributed by atoms with Gasteiger partial charge in [0.15, 0.2) is 0 Å². The molecule has 0 radical (unpaired) electrons. The van der Waals surface area contributed by atoms with E-state index in [1.807, 2.05) is 11.8 Å². The van der Waals surface area contributed by atoms with Crippen molar-refractivity contribution in [3.63, 3.8) is 0 Å². The molecule has 0 bridgehead atoms. The third kappa shape index (κ3) is 5.76. The van der Waals surface area contributed by atoms with Crippen LogP contribution in [0.5, 0.6) is 0 Å². The molecule has 1 heterocycles. The van der Waals surface area contributed by atoms with Crippen molar-refractivity contribution < 1.29 is 14.5 Å². The van der Waals surface area contributed by atoms with Gasteiger partial charge in [-0.25, -0.2) is 9.28 Å². The van der Waals surface area contributed by atoms with Crippen molar-refractivity contribution in [2.75, 3.05) is 47.9 Å². The molecule has 2 N–H and O–H groups in total. The Balaban J connectivity index is 1.96. The topological polar surface area (TPSA) is 93.5 Å². The van der Waals surface area contributed by atoms with E-state index in [2.05, 4.69) is 25.1 Å². The number of nitrogens with one attached hydrogen (secondary N) is 1. The summed E-state index contributed by atoms with van der Waals surface area (Å²) in [5.74, 6) is 1.96. The molecule has 1 saturated heterocycles. The molecule has 0 saturated carbocycles. The van der Waals surface area contributed by atoms with Gasteiger partial charge in [0.25, 0.3) is 0 Å². The van der Waals surface area contributed by atoms with Crippen LogP contribution in [0, 0.1) is 5.82 Å². The van der Waals surface area contributed by atoms with Crippen LogP contribution in [0.25, 0.3) is 10.4 Å². The molecule has 24 heavy (non-hydrogen) atoms. The first kappa shape index (κ1) is 18.7. The van der Waals surface area contributed by atoms with Crippen molar-refractivity contribution in [3.05, 3.63) is 34.5 Å². The summed E-state index contributed by atoms with van der Waals surface area (Å²) in [6, 6.07) is 5.01. The Kier molecular flexibility index (Phi) is 7.97. The van der Waals surface area contributed by atoms with Gasteiger partial charge >= 0.3 is 0 Å². The van der Waals surface area contributed by atoms with Crippen LogP contribution >= 0.6 is 11.8 Å². The van der Waals surface area contributed by atoms with Gasteiger partial charge in [-0.05, 0) is 48.1 Å². The van der Waals surface area contributed by atoms with Crippen molar-refractivity contribution in [1.29, 1.82) is 0 Å². The van der Waals surface area contributed by atoms with E-state index in [0.29, 0.717) is 11.4 Å². The molecule has 2 rings (SSSR count). The fourth-order valence-electron chi connectivity index (χ4n) is 2.54. The van der Waals surface area contributed by atoms with E-state index in [4.69, 9.17) is 10.8 Å². The minimum atomic E-state index is -0.685. The Hall–Kier alpha value is -1.67. The highest BCUT2D eigenvalue weighted by Gasteiger charge is 2.14. The van der Waals surface area contributed by atoms with Crippen molar-refractivity contribution in [2.45, 2.75) is 18.9 Å². The molecule has 1 fully saturated rings. The third-order valence-corrected chi connectivity index (χ3v) is 4.91. The molecule has 1 atom stereocenters. The summed E-state index contributed by atoms with van der Waals surface area (Å²) in [5, 5.41) is 15.0. The molecule has 0 aliphatic carbocycles. The molecular weight excluding hydrogens is 333 g/mol. The van der Waals surface area contributed by atoms with E-state index in [1.54, 1.807) is 12.1 Å². The monoisotopic (exact) mass is 355 g/mol. The van der Waals surface area contributed by atoms with E-state index in [1.165, 1.54) is 6.07 Å². The summed E-state index contributed by atoms with van der Waals surface area (Å²) in [4.78, 5) is 8.92. The zero-order chi connectivity index (χ0) is 17.2. The van der Waals surface area contributed by atoms with Crippen LogP contribution < -0.4 is 10.2 Å². The predicted molar refractivity (Wildman–Crippen MR) is 95.2 cm³/mol. The molecule has 7 nitrogen and oxygen atoms in total. The minimum absolute atomic E-state index is 0.00758. The van der Waals surface area contributed by atoms with Gasteiger partial charge in [-0.15, -0.1) is 0 Å². The lowest BCUT2D eigenvalue weighted by Crippen LogP contribution is -2.29. The molecule has 1 aromatic carbocycles. The van der Waals surface area contributed by atoms with Crippen LogP contribution in [0.4, 0.5) is 15.8 Å². The molecule has 0 amide bonds. The average Bonchev–Trinajstić information content (AvgIpc) is 2.56. The first-order chi connectivity index (χ1) is 11.7. The molecule has 9 heteroatoms. The maximum Gasteiger partial charge on any atom is 0.148 e. The summed E-state index contributed by atoms with van der Waals surface area (Å²) in [6.45, 7) is 1.92. The zero-order valence-corrected chi connectivity index (χ0v) is 14.2. The van der Waals surface area contributed by atoms with Crippen molar-refractivity contribution >= 4 is 23.1 Å². The lowest BCUT2D eigenvalue weighted by molar-refractivity contribution is -0.271. The minimum Gasteiger partial charge on any atom is -0.382 e. The van der Waals surface area contributed by atoms with Crippen LogP contribution in [0.3, 0.4) is 0 Å². The van der Waals surface area contributed by atoms with Crippen molar-refractivity contribution in [3.8, 4) is 0 Å². The third-order valence-electron chi connectivity index (χ3n) is 3.75. The first-order valence-corrected chi connectivity index (χ1v) is 9.07. The molecule has 132 valence electrons. The standard InChI is InChI=1S/C15H22FN5O2S/c16-14-9-12(18-10-13(23-22)11-19-20-17)3-4-15(14)21-5-1-7-24-8-2-6-21/h3-4,9,13,18,22H,1-2,5-8,10-11H2/t13-/m1/s1. The fraction of sp³-hybridized carbons (Fsp3) is 0.600. The number of nitrogens with zero attached hydrogens (tertiary/aromatic N) is 4. The van der Waals surface area contributed by atoms with Crippen LogP contribution in [0.2, 0.25) is 0 Å². The number of azide groups is 1. The predicted octanol–water partition coefficient (Wildman–Crippen LogP) is 3.74. The number of rotatable bonds is 7. The highest BCUT2D eigenvalue weighted by atomic mass is 32.2. The summed E-state index contributed by atoms with van der Waals surface area (Å²) < 4.78 is 14.4. The van der Waals surface area contributed by atoms with Crippen LogP contribution in [0.1, 0.15) is 12.8 Å². The number of benzene rings is 1. The lowest BCUT2D eigenvalue weighted by atomic mass is 10.2. The van der Waals surface area contributed by atoms with Gasteiger partial charge < -0.3 is 10.2 Å². The normalized spacial score (nSPS) is 16.7. The molecule has 0 aromatic heterocycles. The van der Waals surface area contributed by atoms with E-state index in [9.17, 15) is 4.39 Å². The molecule has 1 aromatic rings. The maximum atomic E-state index is 14.4. The Bertz CT molecular complexity index is 563. The Morgan fingerprint density at radius 2 is 2.17 bits per heavy atom. The maximum absolute atomic E-state index is 14.4. The Labute approximate surface area is 144 Å². The summed E-state index contributed by atoms with van der Waals surface area (Å²) in [7, 11) is 0. The summed E-state index contributed by atoms with van der Waals surface area (Å²) in [6.07, 6.45) is 1.42. The van der Waals surface area contributed by atoms with Gasteiger partial charge in [-0.2, -0.15) is 11.8 Å². The van der Waals surface area contributed by atoms with Crippen molar-refractivity contribution in [2.24, 2.45) is 5.11 Å². The van der Waals surface area contributed by atoms with E-state index in [-0.39, 0.29) is 18.9 Å². The average molecular weight is 355 g/mol. The molecule has 1 aliphatic heterocycles. The van der Waals surface area contributed by atoms with Gasteiger partial charge in [0, 0.05) is 30.2 Å². The smallest absolute Gasteiger partial charge is 0.148 e. The second-order valence-electron chi connectivity index (χ2n) is 5.49. The Morgan fingerprint density at radius 1 is 1.42 bits per heavy atom. The van der Waals surface area contributed by atoms with Gasteiger partial charge in [0.1, 0.15) is 11.9 Å². The number of hydrogen-bond donors (Lipinski definition) is 2. The fourth-order valence-corrected chi connectivity index (χ4v) is 3.41. The van der Waals surface area contributed by atoms with Crippen LogP contribution in [-0.2, 0) is 4.89 Å².